The Kier molecular flexibility index (Phi) is 6.35. The van der Waals surface area contributed by atoms with Crippen LogP contribution in [0.2, 0.25) is 5.02 Å². The molecule has 0 bridgehead atoms. The molecule has 1 aliphatic rings. The largest absolute Gasteiger partial charge is 0.298 e. The van der Waals surface area contributed by atoms with E-state index in [0.29, 0.717) is 22.3 Å². The zero-order chi connectivity index (χ0) is 22.2. The summed E-state index contributed by atoms with van der Waals surface area (Å²) in [6.45, 7) is 4.48. The van der Waals surface area contributed by atoms with Crippen LogP contribution in [0.5, 0.6) is 0 Å². The van der Waals surface area contributed by atoms with E-state index >= 15 is 0 Å². The maximum Gasteiger partial charge on any atom is 0.257 e. The zero-order valence-electron chi connectivity index (χ0n) is 17.4. The van der Waals surface area contributed by atoms with Crippen molar-refractivity contribution in [1.29, 1.82) is 0 Å². The topological polar surface area (TPSA) is 79.4 Å². The smallest absolute Gasteiger partial charge is 0.257 e. The molecule has 2 heterocycles. The fourth-order valence-corrected chi connectivity index (χ4v) is 7.07. The predicted octanol–water partition coefficient (Wildman–Crippen LogP) is 5.46. The van der Waals surface area contributed by atoms with Crippen LogP contribution in [0, 0.1) is 6.92 Å². The molecule has 3 aromatic rings. The summed E-state index contributed by atoms with van der Waals surface area (Å²) >= 11 is 7.45. The average Bonchev–Trinajstić information content (AvgIpc) is 3.16. The van der Waals surface area contributed by atoms with Crippen LogP contribution in [-0.4, -0.2) is 36.2 Å². The van der Waals surface area contributed by atoms with Crippen LogP contribution in [0.4, 0.5) is 5.13 Å². The fourth-order valence-electron chi connectivity index (χ4n) is 3.99. The maximum absolute atomic E-state index is 13.1. The molecule has 1 N–H and O–H groups in total. The van der Waals surface area contributed by atoms with Gasteiger partial charge in [-0.3, -0.25) is 10.1 Å². The number of anilines is 1. The summed E-state index contributed by atoms with van der Waals surface area (Å²) < 4.78 is 28.7. The first kappa shape index (κ1) is 22.2. The second-order valence-electron chi connectivity index (χ2n) is 7.74. The lowest BCUT2D eigenvalue weighted by Crippen LogP contribution is -2.43. The Balaban J connectivity index is 1.52. The van der Waals surface area contributed by atoms with Gasteiger partial charge in [-0.05, 0) is 68.1 Å². The minimum absolute atomic E-state index is 0.0396. The van der Waals surface area contributed by atoms with Gasteiger partial charge in [-0.15, -0.1) is 0 Å². The Bertz CT molecular complexity index is 1220. The Morgan fingerprint density at radius 1 is 1.26 bits per heavy atom. The van der Waals surface area contributed by atoms with Gasteiger partial charge in [0.15, 0.2) is 5.13 Å². The van der Waals surface area contributed by atoms with Gasteiger partial charge in [-0.2, -0.15) is 4.31 Å². The molecular weight excluding hydrogens is 454 g/mol. The molecule has 1 aliphatic heterocycles. The summed E-state index contributed by atoms with van der Waals surface area (Å²) in [5.74, 6) is -0.337. The number of fused-ring (bicyclic) bond motifs is 1. The van der Waals surface area contributed by atoms with Gasteiger partial charge in [0.25, 0.3) is 5.91 Å². The van der Waals surface area contributed by atoms with Gasteiger partial charge in [0.2, 0.25) is 10.0 Å². The molecule has 1 atom stereocenters. The molecule has 1 saturated heterocycles. The molecule has 0 spiro atoms. The highest BCUT2D eigenvalue weighted by Gasteiger charge is 2.32. The van der Waals surface area contributed by atoms with Crippen molar-refractivity contribution >= 4 is 54.2 Å². The highest BCUT2D eigenvalue weighted by atomic mass is 35.5. The van der Waals surface area contributed by atoms with E-state index in [9.17, 15) is 13.2 Å². The third-order valence-corrected chi connectivity index (χ3v) is 8.74. The van der Waals surface area contributed by atoms with Gasteiger partial charge in [-0.1, -0.05) is 36.3 Å². The van der Waals surface area contributed by atoms with E-state index in [0.717, 1.165) is 41.5 Å². The lowest BCUT2D eigenvalue weighted by atomic mass is 10.0. The Morgan fingerprint density at radius 2 is 2.00 bits per heavy atom. The van der Waals surface area contributed by atoms with Crippen molar-refractivity contribution in [2.45, 2.75) is 50.5 Å². The van der Waals surface area contributed by atoms with E-state index in [1.807, 2.05) is 26.0 Å². The summed E-state index contributed by atoms with van der Waals surface area (Å²) in [4.78, 5) is 17.4. The van der Waals surface area contributed by atoms with E-state index in [1.54, 1.807) is 16.4 Å². The number of thiazole rings is 1. The second-order valence-corrected chi connectivity index (χ2v) is 11.1. The van der Waals surface area contributed by atoms with Crippen molar-refractivity contribution in [3.8, 4) is 0 Å². The number of amides is 1. The molecule has 164 valence electrons. The number of carbonyl (C=O) groups excluding carboxylic acids is 1. The molecule has 0 saturated carbocycles. The van der Waals surface area contributed by atoms with Crippen LogP contribution < -0.4 is 5.32 Å². The number of benzene rings is 2. The van der Waals surface area contributed by atoms with Crippen LogP contribution in [0.3, 0.4) is 0 Å². The molecule has 1 unspecified atom stereocenters. The van der Waals surface area contributed by atoms with Crippen LogP contribution >= 0.6 is 22.9 Å². The number of aryl methyl sites for hydroxylation is 1. The molecule has 1 aromatic heterocycles. The zero-order valence-corrected chi connectivity index (χ0v) is 19.8. The summed E-state index contributed by atoms with van der Waals surface area (Å²) in [5, 5.41) is 3.90. The van der Waals surface area contributed by atoms with Crippen LogP contribution in [0.25, 0.3) is 10.2 Å². The highest BCUT2D eigenvalue weighted by molar-refractivity contribution is 7.89. The third-order valence-electron chi connectivity index (χ3n) is 5.64. The van der Waals surface area contributed by atoms with Crippen molar-refractivity contribution in [1.82, 2.24) is 9.29 Å². The first-order chi connectivity index (χ1) is 14.8. The number of hydrogen-bond donors (Lipinski definition) is 1. The van der Waals surface area contributed by atoms with Gasteiger partial charge < -0.3 is 0 Å². The van der Waals surface area contributed by atoms with Crippen molar-refractivity contribution in [3.63, 3.8) is 0 Å². The third kappa shape index (κ3) is 4.48. The van der Waals surface area contributed by atoms with Crippen molar-refractivity contribution in [3.05, 3.63) is 52.5 Å². The molecule has 0 radical (unpaired) electrons. The number of aromatic nitrogens is 1. The highest BCUT2D eigenvalue weighted by Crippen LogP contribution is 2.31. The molecule has 0 aliphatic carbocycles. The van der Waals surface area contributed by atoms with E-state index in [1.165, 1.54) is 23.5 Å². The summed E-state index contributed by atoms with van der Waals surface area (Å²) in [6.07, 6.45) is 3.62. The molecule has 1 amide bonds. The monoisotopic (exact) mass is 477 g/mol. The number of rotatable bonds is 5. The van der Waals surface area contributed by atoms with Gasteiger partial charge in [0.05, 0.1) is 15.1 Å². The molecule has 4 rings (SSSR count). The molecule has 31 heavy (non-hydrogen) atoms. The van der Waals surface area contributed by atoms with Crippen LogP contribution in [0.15, 0.2) is 41.3 Å². The number of sulfonamides is 1. The second kappa shape index (κ2) is 8.86. The first-order valence-electron chi connectivity index (χ1n) is 10.3. The Hall–Kier alpha value is -2.00. The number of nitrogens with zero attached hydrogens (tertiary/aromatic N) is 2. The molecule has 1 fully saturated rings. The molecule has 9 heteroatoms. The molecule has 2 aromatic carbocycles. The van der Waals surface area contributed by atoms with Crippen LogP contribution in [0.1, 0.15) is 48.5 Å². The summed E-state index contributed by atoms with van der Waals surface area (Å²) in [6, 6.07) is 9.80. The first-order valence-corrected chi connectivity index (χ1v) is 12.9. The minimum Gasteiger partial charge on any atom is -0.298 e. The number of carbonyl (C=O) groups is 1. The summed E-state index contributed by atoms with van der Waals surface area (Å²) in [5.41, 5.74) is 2.12. The number of piperidine rings is 1. The quantitative estimate of drug-likeness (QED) is 0.528. The van der Waals surface area contributed by atoms with E-state index in [4.69, 9.17) is 11.6 Å². The fraction of sp³-hybridized carbons (Fsp3) is 0.364. The SMILES string of the molecule is CCC1CCCCN1S(=O)(=O)c1ccc(C(=O)Nc2nc3c(C)cc(Cl)cc3s2)cc1. The maximum atomic E-state index is 13.1. The summed E-state index contributed by atoms with van der Waals surface area (Å²) in [7, 11) is -3.57. The van der Waals surface area contributed by atoms with Gasteiger partial charge >= 0.3 is 0 Å². The number of halogens is 1. The van der Waals surface area contributed by atoms with Gasteiger partial charge in [-0.25, -0.2) is 13.4 Å². The average molecular weight is 478 g/mol. The van der Waals surface area contributed by atoms with Crippen molar-refractivity contribution in [2.75, 3.05) is 11.9 Å². The lowest BCUT2D eigenvalue weighted by molar-refractivity contribution is 0.102. The normalized spacial score (nSPS) is 17.7. The van der Waals surface area contributed by atoms with Gasteiger partial charge in [0.1, 0.15) is 0 Å². The standard InChI is InChI=1S/C22H24ClN3O3S2/c1-3-17-6-4-5-11-26(17)31(28,29)18-9-7-15(8-10-18)21(27)25-22-24-20-14(2)12-16(23)13-19(20)30-22/h7-10,12-13,17H,3-6,11H2,1-2H3,(H,24,25,27). The number of hydrogen-bond acceptors (Lipinski definition) is 5. The van der Waals surface area contributed by atoms with E-state index < -0.39 is 10.0 Å². The minimum atomic E-state index is -3.57. The van der Waals surface area contributed by atoms with Crippen molar-refractivity contribution < 1.29 is 13.2 Å². The molecular formula is C22H24ClN3O3S2. The lowest BCUT2D eigenvalue weighted by Gasteiger charge is -2.34. The number of nitrogens with one attached hydrogen (secondary N) is 1. The van der Waals surface area contributed by atoms with Gasteiger partial charge in [0, 0.05) is 23.2 Å². The Morgan fingerprint density at radius 3 is 2.71 bits per heavy atom. The van der Waals surface area contributed by atoms with Crippen LogP contribution in [-0.2, 0) is 10.0 Å². The van der Waals surface area contributed by atoms with E-state index in [-0.39, 0.29) is 16.8 Å². The predicted molar refractivity (Wildman–Crippen MR) is 126 cm³/mol. The van der Waals surface area contributed by atoms with Crippen molar-refractivity contribution in [2.24, 2.45) is 0 Å². The Labute approximate surface area is 191 Å². The molecule has 6 nitrogen and oxygen atoms in total. The van der Waals surface area contributed by atoms with E-state index in [2.05, 4.69) is 10.3 Å².